The van der Waals surface area contributed by atoms with Crippen molar-refractivity contribution in [3.8, 4) is 0 Å². The zero-order valence-corrected chi connectivity index (χ0v) is 17.4. The topological polar surface area (TPSA) is 116 Å². The van der Waals surface area contributed by atoms with Gasteiger partial charge in [0.15, 0.2) is 5.82 Å². The molecule has 0 saturated heterocycles. The summed E-state index contributed by atoms with van der Waals surface area (Å²) in [5.41, 5.74) is 1.06. The number of aromatic amines is 1. The van der Waals surface area contributed by atoms with Gasteiger partial charge in [-0.2, -0.15) is 5.10 Å². The minimum Gasteiger partial charge on any atom is -0.446 e. The third-order valence-corrected chi connectivity index (χ3v) is 6.00. The fourth-order valence-corrected chi connectivity index (χ4v) is 4.31. The zero-order chi connectivity index (χ0) is 22.7. The first-order valence-corrected chi connectivity index (χ1v) is 10.8. The monoisotopic (exact) mass is 448 g/mol. The number of nitrogens with one attached hydrogen (secondary N) is 3. The molecule has 2 aromatic rings. The van der Waals surface area contributed by atoms with Gasteiger partial charge in [0.2, 0.25) is 5.91 Å². The standard InChI is InChI=1S/C22H26F2N4O4/c23-15-3-12(4-16(24)9-15)7-21(30)26-20-10-19(27-28-20)14-1-2-18(8-14)32-22(31)25-11-13-5-17(29)6-13/h3-4,9-10,13-14,17-18,29H,1-2,5-8,11H2,(H,25,31)(H2,26,27,28,30)/t13-,14-,17+,18+/m1/s1. The first kappa shape index (κ1) is 22.2. The van der Waals surface area contributed by atoms with Crippen molar-refractivity contribution in [3.63, 3.8) is 0 Å². The number of amides is 2. The lowest BCUT2D eigenvalue weighted by Gasteiger charge is -2.31. The van der Waals surface area contributed by atoms with E-state index >= 15 is 0 Å². The molecule has 2 atom stereocenters. The number of hydrogen-bond donors (Lipinski definition) is 4. The van der Waals surface area contributed by atoms with Crippen molar-refractivity contribution in [3.05, 3.63) is 47.2 Å². The van der Waals surface area contributed by atoms with E-state index in [9.17, 15) is 23.5 Å². The highest BCUT2D eigenvalue weighted by molar-refractivity contribution is 5.91. The Kier molecular flexibility index (Phi) is 6.69. The first-order chi connectivity index (χ1) is 15.3. The summed E-state index contributed by atoms with van der Waals surface area (Å²) >= 11 is 0. The van der Waals surface area contributed by atoms with Crippen molar-refractivity contribution in [2.24, 2.45) is 5.92 Å². The number of hydrogen-bond acceptors (Lipinski definition) is 5. The fraction of sp³-hybridized carbons (Fsp3) is 0.500. The lowest BCUT2D eigenvalue weighted by Crippen LogP contribution is -2.39. The quantitative estimate of drug-likeness (QED) is 0.520. The number of carbonyl (C=O) groups is 2. The van der Waals surface area contributed by atoms with Crippen molar-refractivity contribution in [1.29, 1.82) is 0 Å². The van der Waals surface area contributed by atoms with E-state index in [-0.39, 0.29) is 30.1 Å². The average molecular weight is 448 g/mol. The number of H-pyrrole nitrogens is 1. The Hall–Kier alpha value is -3.01. The van der Waals surface area contributed by atoms with Gasteiger partial charge < -0.3 is 20.5 Å². The molecule has 2 aliphatic rings. The third-order valence-electron chi connectivity index (χ3n) is 6.00. The number of nitrogens with zero attached hydrogens (tertiary/aromatic N) is 1. The van der Waals surface area contributed by atoms with E-state index in [1.165, 1.54) is 0 Å². The normalized spacial score (nSPS) is 24.6. The summed E-state index contributed by atoms with van der Waals surface area (Å²) in [5, 5.41) is 21.6. The number of ether oxygens (including phenoxy) is 1. The number of aliphatic hydroxyl groups is 1. The van der Waals surface area contributed by atoms with Crippen molar-refractivity contribution < 1.29 is 28.2 Å². The van der Waals surface area contributed by atoms with Crippen LogP contribution in [0.3, 0.4) is 0 Å². The van der Waals surface area contributed by atoms with Crippen molar-refractivity contribution >= 4 is 17.8 Å². The lowest BCUT2D eigenvalue weighted by molar-refractivity contribution is -0.115. The van der Waals surface area contributed by atoms with Crippen LogP contribution < -0.4 is 10.6 Å². The van der Waals surface area contributed by atoms with E-state index in [4.69, 9.17) is 4.74 Å². The second-order valence-electron chi connectivity index (χ2n) is 8.62. The molecule has 0 radical (unpaired) electrons. The minimum atomic E-state index is -0.733. The van der Waals surface area contributed by atoms with Gasteiger partial charge in [0.25, 0.3) is 0 Å². The van der Waals surface area contributed by atoms with Crippen LogP contribution in [0.5, 0.6) is 0 Å². The van der Waals surface area contributed by atoms with E-state index < -0.39 is 23.6 Å². The van der Waals surface area contributed by atoms with E-state index in [2.05, 4.69) is 20.8 Å². The summed E-state index contributed by atoms with van der Waals surface area (Å²) < 4.78 is 32.0. The van der Waals surface area contributed by atoms with Gasteiger partial charge in [-0.15, -0.1) is 0 Å². The molecule has 4 N–H and O–H groups in total. The van der Waals surface area contributed by atoms with Gasteiger partial charge >= 0.3 is 6.09 Å². The number of halogens is 2. The summed E-state index contributed by atoms with van der Waals surface area (Å²) in [4.78, 5) is 24.1. The second-order valence-corrected chi connectivity index (χ2v) is 8.62. The Morgan fingerprint density at radius 2 is 1.88 bits per heavy atom. The highest BCUT2D eigenvalue weighted by atomic mass is 19.1. The van der Waals surface area contributed by atoms with Crippen LogP contribution in [-0.4, -0.2) is 46.1 Å². The number of alkyl carbamates (subject to hydrolysis) is 1. The van der Waals surface area contributed by atoms with Gasteiger partial charge in [0.1, 0.15) is 17.7 Å². The molecule has 1 aromatic carbocycles. The highest BCUT2D eigenvalue weighted by Crippen LogP contribution is 2.36. The Morgan fingerprint density at radius 1 is 1.12 bits per heavy atom. The Morgan fingerprint density at radius 3 is 2.59 bits per heavy atom. The number of aromatic nitrogens is 2. The van der Waals surface area contributed by atoms with Gasteiger partial charge in [-0.1, -0.05) is 0 Å². The molecule has 0 unspecified atom stereocenters. The van der Waals surface area contributed by atoms with Crippen LogP contribution >= 0.6 is 0 Å². The van der Waals surface area contributed by atoms with E-state index in [1.807, 2.05) is 0 Å². The van der Waals surface area contributed by atoms with Crippen LogP contribution in [0, 0.1) is 17.6 Å². The molecule has 0 bridgehead atoms. The van der Waals surface area contributed by atoms with E-state index in [0.717, 1.165) is 36.7 Å². The van der Waals surface area contributed by atoms with Crippen LogP contribution in [0.1, 0.15) is 49.3 Å². The molecule has 2 amide bonds. The molecule has 0 spiro atoms. The summed E-state index contributed by atoms with van der Waals surface area (Å²) in [7, 11) is 0. The molecule has 2 aliphatic carbocycles. The first-order valence-electron chi connectivity index (χ1n) is 10.8. The van der Waals surface area contributed by atoms with Crippen molar-refractivity contribution in [2.75, 3.05) is 11.9 Å². The van der Waals surface area contributed by atoms with E-state index in [0.29, 0.717) is 37.5 Å². The molecule has 8 nitrogen and oxygen atoms in total. The Balaban J connectivity index is 1.22. The number of benzene rings is 1. The molecule has 172 valence electrons. The molecule has 32 heavy (non-hydrogen) atoms. The van der Waals surface area contributed by atoms with Gasteiger partial charge in [0, 0.05) is 30.3 Å². The molecule has 0 aliphatic heterocycles. The number of carbonyl (C=O) groups excluding carboxylic acids is 2. The molecular formula is C22H26F2N4O4. The molecule has 2 saturated carbocycles. The SMILES string of the molecule is O=C(Cc1cc(F)cc(F)c1)Nc1cc([C@@H]2CC[C@H](OC(=O)NC[C@H]3C[C@@H](O)C3)C2)[nH]n1. The smallest absolute Gasteiger partial charge is 0.407 e. The average Bonchev–Trinajstić information content (AvgIpc) is 3.32. The maximum Gasteiger partial charge on any atom is 0.407 e. The Labute approximate surface area is 183 Å². The van der Waals surface area contributed by atoms with Gasteiger partial charge in [0.05, 0.1) is 12.5 Å². The molecule has 1 heterocycles. The summed E-state index contributed by atoms with van der Waals surface area (Å²) in [6.07, 6.45) is 2.55. The van der Waals surface area contributed by atoms with Gasteiger partial charge in [-0.05, 0) is 55.7 Å². The van der Waals surface area contributed by atoms with Crippen LogP contribution in [0.4, 0.5) is 19.4 Å². The maximum atomic E-state index is 13.3. The van der Waals surface area contributed by atoms with Gasteiger partial charge in [-0.3, -0.25) is 9.89 Å². The number of rotatable bonds is 7. The summed E-state index contributed by atoms with van der Waals surface area (Å²) in [6.45, 7) is 0.512. The zero-order valence-electron chi connectivity index (χ0n) is 17.4. The lowest BCUT2D eigenvalue weighted by atomic mass is 9.82. The molecular weight excluding hydrogens is 422 g/mol. The minimum absolute atomic E-state index is 0.116. The predicted octanol–water partition coefficient (Wildman–Crippen LogP) is 3.00. The van der Waals surface area contributed by atoms with Crippen LogP contribution in [-0.2, 0) is 16.0 Å². The molecule has 2 fully saturated rings. The van der Waals surface area contributed by atoms with Crippen LogP contribution in [0.25, 0.3) is 0 Å². The third kappa shape index (κ3) is 5.82. The van der Waals surface area contributed by atoms with Crippen molar-refractivity contribution in [2.45, 2.75) is 56.7 Å². The fourth-order valence-electron chi connectivity index (χ4n) is 4.31. The van der Waals surface area contributed by atoms with Gasteiger partial charge in [-0.25, -0.2) is 13.6 Å². The summed E-state index contributed by atoms with van der Waals surface area (Å²) in [5.74, 6) is -1.15. The predicted molar refractivity (Wildman–Crippen MR) is 111 cm³/mol. The molecule has 10 heteroatoms. The molecule has 1 aromatic heterocycles. The second kappa shape index (κ2) is 9.64. The molecule has 4 rings (SSSR count). The number of aliphatic hydroxyl groups excluding tert-OH is 1. The highest BCUT2D eigenvalue weighted by Gasteiger charge is 2.31. The summed E-state index contributed by atoms with van der Waals surface area (Å²) in [6, 6.07) is 4.70. The van der Waals surface area contributed by atoms with Crippen LogP contribution in [0.15, 0.2) is 24.3 Å². The van der Waals surface area contributed by atoms with Crippen molar-refractivity contribution in [1.82, 2.24) is 15.5 Å². The largest absolute Gasteiger partial charge is 0.446 e. The maximum absolute atomic E-state index is 13.3. The Bertz CT molecular complexity index is 956. The van der Waals surface area contributed by atoms with Crippen LogP contribution in [0.2, 0.25) is 0 Å². The van der Waals surface area contributed by atoms with E-state index in [1.54, 1.807) is 6.07 Å². The number of anilines is 1.